The molecule has 0 radical (unpaired) electrons. The van der Waals surface area contributed by atoms with Crippen molar-refractivity contribution in [3.63, 3.8) is 0 Å². The van der Waals surface area contributed by atoms with Crippen LogP contribution in [0, 0.1) is 18.8 Å². The SMILES string of the molecule is CC(C)(C)c1cc(C=N[C@H]2C[C@@H]3C[C@H]2C[C@@H]3N=Cc2cc(C(C)(C)C)cc(C(C)(C)C)c2O)c(O)c(C(C)(C)C)c1.Cc1ccc(S(=O)(=O)[O-])cc1.[Cr]. The molecule has 2 bridgehead atoms. The molecule has 0 aliphatic heterocycles. The molecule has 5 rings (SSSR count). The van der Waals surface area contributed by atoms with E-state index in [0.717, 1.165) is 47.1 Å². The van der Waals surface area contributed by atoms with E-state index in [2.05, 4.69) is 107 Å². The van der Waals surface area contributed by atoms with Crippen molar-refractivity contribution in [2.45, 2.75) is 148 Å². The summed E-state index contributed by atoms with van der Waals surface area (Å²) in [4.78, 5) is 9.92. The summed E-state index contributed by atoms with van der Waals surface area (Å²) in [6.45, 7) is 28.0. The van der Waals surface area contributed by atoms with Gasteiger partial charge in [0.25, 0.3) is 0 Å². The second-order valence-electron chi connectivity index (χ2n) is 19.1. The fourth-order valence-corrected chi connectivity index (χ4v) is 7.63. The van der Waals surface area contributed by atoms with Crippen LogP contribution in [0.5, 0.6) is 11.5 Å². The van der Waals surface area contributed by atoms with Crippen molar-refractivity contribution in [1.82, 2.24) is 0 Å². The van der Waals surface area contributed by atoms with E-state index in [-0.39, 0.29) is 56.0 Å². The molecule has 4 atom stereocenters. The Morgan fingerprint density at radius 2 is 0.981 bits per heavy atom. The largest absolute Gasteiger partial charge is 0.744 e. The third kappa shape index (κ3) is 11.1. The Labute approximate surface area is 330 Å². The first kappa shape index (κ1) is 44.4. The number of nitrogens with zero attached hydrogens (tertiary/aromatic N) is 2. The van der Waals surface area contributed by atoms with Crippen LogP contribution < -0.4 is 0 Å². The van der Waals surface area contributed by atoms with Gasteiger partial charge in [0.15, 0.2) is 0 Å². The van der Waals surface area contributed by atoms with Gasteiger partial charge < -0.3 is 14.8 Å². The number of benzene rings is 3. The number of aromatic hydroxyl groups is 2. The van der Waals surface area contributed by atoms with Crippen LogP contribution in [0.15, 0.2) is 63.4 Å². The minimum atomic E-state index is -4.27. The first-order chi connectivity index (χ1) is 23.7. The fourth-order valence-electron chi connectivity index (χ4n) is 7.16. The summed E-state index contributed by atoms with van der Waals surface area (Å²) in [6.07, 6.45) is 7.04. The van der Waals surface area contributed by atoms with Crippen LogP contribution in [0.3, 0.4) is 0 Å². The Morgan fingerprint density at radius 3 is 1.26 bits per heavy atom. The zero-order valence-electron chi connectivity index (χ0n) is 34.0. The van der Waals surface area contributed by atoms with E-state index in [9.17, 15) is 23.2 Å². The average Bonchev–Trinajstić information content (AvgIpc) is 3.58. The molecule has 0 heterocycles. The molecule has 2 aliphatic carbocycles. The van der Waals surface area contributed by atoms with Crippen LogP contribution in [-0.2, 0) is 49.1 Å². The molecule has 2 saturated carbocycles. The zero-order valence-corrected chi connectivity index (χ0v) is 36.1. The summed E-state index contributed by atoms with van der Waals surface area (Å²) in [5, 5.41) is 22.3. The Morgan fingerprint density at radius 1 is 0.623 bits per heavy atom. The molecule has 0 spiro atoms. The molecule has 9 heteroatoms. The monoisotopic (exact) mass is 781 g/mol. The quantitative estimate of drug-likeness (QED) is 0.197. The van der Waals surface area contributed by atoms with Crippen molar-refractivity contribution in [1.29, 1.82) is 0 Å². The van der Waals surface area contributed by atoms with Gasteiger partial charge in [0.05, 0.1) is 17.0 Å². The normalized spacial score (nSPS) is 20.8. The second-order valence-corrected chi connectivity index (χ2v) is 20.5. The van der Waals surface area contributed by atoms with Crippen LogP contribution in [0.25, 0.3) is 0 Å². The van der Waals surface area contributed by atoms with E-state index >= 15 is 0 Å². The van der Waals surface area contributed by atoms with E-state index in [4.69, 9.17) is 9.98 Å². The summed E-state index contributed by atoms with van der Waals surface area (Å²) < 4.78 is 31.2. The van der Waals surface area contributed by atoms with Gasteiger partial charge in [0.2, 0.25) is 0 Å². The Bertz CT molecular complexity index is 1820. The maximum Gasteiger partial charge on any atom is 0.128 e. The Hall–Kier alpha value is -2.96. The van der Waals surface area contributed by atoms with E-state index in [1.54, 1.807) is 12.1 Å². The number of phenols is 2. The molecule has 0 aromatic heterocycles. The summed E-state index contributed by atoms with van der Waals surface area (Å²) in [6, 6.07) is 14.9. The van der Waals surface area contributed by atoms with Crippen LogP contribution in [0.4, 0.5) is 0 Å². The van der Waals surface area contributed by atoms with Crippen molar-refractivity contribution < 1.29 is 40.5 Å². The third-order valence-electron chi connectivity index (χ3n) is 10.5. The van der Waals surface area contributed by atoms with Crippen LogP contribution in [0.2, 0.25) is 0 Å². The van der Waals surface area contributed by atoms with E-state index < -0.39 is 10.1 Å². The molecule has 0 amide bonds. The number of fused-ring (bicyclic) bond motifs is 2. The Balaban J connectivity index is 0.000000540. The minimum absolute atomic E-state index is 0. The molecule has 2 N–H and O–H groups in total. The standard InChI is InChI=1S/C37H54N2O2.C7H8O3S.Cr/c1-34(2,3)26-14-24(32(40)28(18-26)36(7,8)9)20-38-30-16-23-13-22(30)17-31(23)39-21-25-15-27(35(4,5)6)19-29(33(25)41)37(10,11)12;1-6-2-4-7(5-3-6)11(8,9)10;/h14-15,18-23,30-31,40-41H,13,16-17H2,1-12H3;2-5H,1H3,(H,8,9,10);/p-1/t22-,23-,30-,31-;;/m0../s1. The molecule has 7 nitrogen and oxygen atoms in total. The number of rotatable bonds is 5. The molecule has 0 saturated heterocycles. The predicted molar refractivity (Wildman–Crippen MR) is 214 cm³/mol. The van der Waals surface area contributed by atoms with Crippen molar-refractivity contribution in [2.24, 2.45) is 21.8 Å². The van der Waals surface area contributed by atoms with Gasteiger partial charge in [-0.1, -0.05) is 113 Å². The second kappa shape index (κ2) is 16.0. The maximum absolute atomic E-state index is 11.2. The van der Waals surface area contributed by atoms with E-state index in [0.29, 0.717) is 23.3 Å². The number of hydrogen-bond acceptors (Lipinski definition) is 7. The molecular weight excluding hydrogens is 721 g/mol. The van der Waals surface area contributed by atoms with Gasteiger partial charge in [-0.25, -0.2) is 8.42 Å². The minimum Gasteiger partial charge on any atom is -0.744 e. The maximum atomic E-state index is 11.2. The zero-order chi connectivity index (χ0) is 39.2. The van der Waals surface area contributed by atoms with Crippen LogP contribution in [0.1, 0.15) is 141 Å². The van der Waals surface area contributed by atoms with Crippen molar-refractivity contribution in [2.75, 3.05) is 0 Å². The van der Waals surface area contributed by atoms with Gasteiger partial charge in [-0.3, -0.25) is 9.98 Å². The molecule has 2 aliphatic rings. The smallest absolute Gasteiger partial charge is 0.128 e. The van der Waals surface area contributed by atoms with Crippen molar-refractivity contribution in [3.05, 3.63) is 87.5 Å². The van der Waals surface area contributed by atoms with Crippen molar-refractivity contribution in [3.8, 4) is 11.5 Å². The fraction of sp³-hybridized carbons (Fsp3) is 0.545. The number of hydrogen-bond donors (Lipinski definition) is 2. The van der Waals surface area contributed by atoms with Gasteiger partial charge in [-0.05, 0) is 95.1 Å². The summed E-state index contributed by atoms with van der Waals surface area (Å²) in [7, 11) is -4.27. The molecule has 290 valence electrons. The first-order valence-corrected chi connectivity index (χ1v) is 19.9. The van der Waals surface area contributed by atoms with Gasteiger partial charge in [-0.15, -0.1) is 0 Å². The number of aryl methyl sites for hydroxylation is 1. The van der Waals surface area contributed by atoms with Crippen molar-refractivity contribution >= 4 is 22.5 Å². The summed E-state index contributed by atoms with van der Waals surface area (Å²) in [5.41, 5.74) is 6.63. The number of aliphatic imine (C=N–C) groups is 2. The van der Waals surface area contributed by atoms with E-state index in [1.165, 1.54) is 23.3 Å². The van der Waals surface area contributed by atoms with Gasteiger partial charge in [-0.2, -0.15) is 0 Å². The van der Waals surface area contributed by atoms with Crippen LogP contribution >= 0.6 is 0 Å². The molecular formula is C44H61CrN2O5S-. The average molecular weight is 782 g/mol. The van der Waals surface area contributed by atoms with Gasteiger partial charge in [0.1, 0.15) is 21.6 Å². The molecule has 0 unspecified atom stereocenters. The third-order valence-corrected chi connectivity index (χ3v) is 11.4. The van der Waals surface area contributed by atoms with Gasteiger partial charge in [0, 0.05) is 52.0 Å². The molecule has 2 fully saturated rings. The number of phenolic OH excluding ortho intramolecular Hbond substituents is 2. The summed E-state index contributed by atoms with van der Waals surface area (Å²) in [5.74, 6) is 1.72. The van der Waals surface area contributed by atoms with Gasteiger partial charge >= 0.3 is 0 Å². The topological polar surface area (TPSA) is 122 Å². The Kier molecular flexibility index (Phi) is 13.4. The molecule has 3 aromatic rings. The summed E-state index contributed by atoms with van der Waals surface area (Å²) >= 11 is 0. The van der Waals surface area contributed by atoms with Crippen LogP contribution in [-0.4, -0.2) is 47.7 Å². The molecule has 53 heavy (non-hydrogen) atoms. The predicted octanol–water partition coefficient (Wildman–Crippen LogP) is 9.89. The molecule has 3 aromatic carbocycles. The first-order valence-electron chi connectivity index (χ1n) is 18.5. The van der Waals surface area contributed by atoms with E-state index in [1.807, 2.05) is 19.4 Å².